The highest BCUT2D eigenvalue weighted by Crippen LogP contribution is 2.16. The Morgan fingerprint density at radius 1 is 1.36 bits per heavy atom. The molecule has 1 saturated heterocycles. The highest BCUT2D eigenvalue weighted by Gasteiger charge is 2.21. The Labute approximate surface area is 132 Å². The maximum absolute atomic E-state index is 11.7. The van der Waals surface area contributed by atoms with Crippen LogP contribution < -0.4 is 5.32 Å². The highest BCUT2D eigenvalue weighted by molar-refractivity contribution is 5.77. The monoisotopic (exact) mass is 305 g/mol. The van der Waals surface area contributed by atoms with E-state index >= 15 is 0 Å². The molecule has 1 aromatic rings. The summed E-state index contributed by atoms with van der Waals surface area (Å²) in [5.74, 6) is 1.91. The van der Waals surface area contributed by atoms with Gasteiger partial charge in [0.1, 0.15) is 11.6 Å². The number of amides is 1. The van der Waals surface area contributed by atoms with Crippen LogP contribution in [0.2, 0.25) is 0 Å². The number of aryl methyl sites for hydroxylation is 2. The molecule has 1 N–H and O–H groups in total. The standard InChI is InChI=1S/C16H27N5O/c1-5-13-10-15(18-12(2)17-13)19-14-6-8-21(9-7-14)11-16(22)20(3)4/h10,14H,5-9,11H2,1-4H3,(H,17,18,19). The molecular weight excluding hydrogens is 278 g/mol. The summed E-state index contributed by atoms with van der Waals surface area (Å²) in [5, 5.41) is 3.52. The van der Waals surface area contributed by atoms with E-state index in [-0.39, 0.29) is 5.91 Å². The third-order valence-electron chi connectivity index (χ3n) is 4.05. The van der Waals surface area contributed by atoms with E-state index in [4.69, 9.17) is 0 Å². The van der Waals surface area contributed by atoms with Gasteiger partial charge >= 0.3 is 0 Å². The zero-order valence-electron chi connectivity index (χ0n) is 14.1. The Kier molecular flexibility index (Phi) is 5.71. The van der Waals surface area contributed by atoms with E-state index in [0.717, 1.165) is 49.7 Å². The lowest BCUT2D eigenvalue weighted by Gasteiger charge is -2.32. The molecule has 0 spiro atoms. The van der Waals surface area contributed by atoms with Crippen LogP contribution in [0, 0.1) is 6.92 Å². The molecule has 1 amide bonds. The van der Waals surface area contributed by atoms with Gasteiger partial charge in [0.25, 0.3) is 0 Å². The first-order valence-corrected chi connectivity index (χ1v) is 8.01. The van der Waals surface area contributed by atoms with Crippen molar-refractivity contribution in [2.45, 2.75) is 39.2 Å². The third kappa shape index (κ3) is 4.66. The molecule has 122 valence electrons. The first kappa shape index (κ1) is 16.7. The van der Waals surface area contributed by atoms with E-state index in [2.05, 4.69) is 27.1 Å². The van der Waals surface area contributed by atoms with Crippen molar-refractivity contribution in [3.8, 4) is 0 Å². The van der Waals surface area contributed by atoms with Gasteiger partial charge in [0.05, 0.1) is 6.54 Å². The normalized spacial score (nSPS) is 16.5. The number of likely N-dealkylation sites (tertiary alicyclic amines) is 1. The molecule has 1 aliphatic heterocycles. The van der Waals surface area contributed by atoms with Gasteiger partial charge in [0.15, 0.2) is 0 Å². The number of anilines is 1. The molecule has 0 unspecified atom stereocenters. The molecule has 6 nitrogen and oxygen atoms in total. The quantitative estimate of drug-likeness (QED) is 0.889. The molecule has 0 atom stereocenters. The minimum absolute atomic E-state index is 0.172. The van der Waals surface area contributed by atoms with E-state index in [9.17, 15) is 4.79 Å². The molecule has 0 saturated carbocycles. The molecule has 1 aliphatic rings. The summed E-state index contributed by atoms with van der Waals surface area (Å²) >= 11 is 0. The number of nitrogens with zero attached hydrogens (tertiary/aromatic N) is 4. The topological polar surface area (TPSA) is 61.4 Å². The molecule has 0 bridgehead atoms. The molecular formula is C16H27N5O. The second-order valence-electron chi connectivity index (χ2n) is 6.13. The van der Waals surface area contributed by atoms with E-state index in [1.165, 1.54) is 0 Å². The van der Waals surface area contributed by atoms with Crippen LogP contribution in [0.4, 0.5) is 5.82 Å². The first-order chi connectivity index (χ1) is 10.5. The number of hydrogen-bond donors (Lipinski definition) is 1. The number of rotatable bonds is 5. The van der Waals surface area contributed by atoms with E-state index in [1.807, 2.05) is 13.0 Å². The Hall–Kier alpha value is -1.69. The second kappa shape index (κ2) is 7.54. The molecule has 1 fully saturated rings. The van der Waals surface area contributed by atoms with Crippen LogP contribution in [0.3, 0.4) is 0 Å². The van der Waals surface area contributed by atoms with Gasteiger partial charge in [-0.1, -0.05) is 6.92 Å². The van der Waals surface area contributed by atoms with Crippen LogP contribution in [0.15, 0.2) is 6.07 Å². The smallest absolute Gasteiger partial charge is 0.236 e. The molecule has 0 aromatic carbocycles. The fraction of sp³-hybridized carbons (Fsp3) is 0.688. The van der Waals surface area contributed by atoms with Crippen molar-refractivity contribution in [3.63, 3.8) is 0 Å². The van der Waals surface area contributed by atoms with Crippen LogP contribution in [-0.4, -0.2) is 65.4 Å². The summed E-state index contributed by atoms with van der Waals surface area (Å²) in [7, 11) is 3.61. The molecule has 22 heavy (non-hydrogen) atoms. The summed E-state index contributed by atoms with van der Waals surface area (Å²) in [5.41, 5.74) is 1.07. The first-order valence-electron chi connectivity index (χ1n) is 8.01. The summed E-state index contributed by atoms with van der Waals surface area (Å²) in [6, 6.07) is 2.46. The molecule has 0 aliphatic carbocycles. The van der Waals surface area contributed by atoms with Gasteiger partial charge in [-0.05, 0) is 26.2 Å². The van der Waals surface area contributed by atoms with Crippen LogP contribution in [0.1, 0.15) is 31.3 Å². The average Bonchev–Trinajstić information content (AvgIpc) is 2.48. The van der Waals surface area contributed by atoms with Crippen molar-refractivity contribution in [3.05, 3.63) is 17.6 Å². The Balaban J connectivity index is 1.85. The number of hydrogen-bond acceptors (Lipinski definition) is 5. The van der Waals surface area contributed by atoms with E-state index in [1.54, 1.807) is 19.0 Å². The van der Waals surface area contributed by atoms with Gasteiger partial charge < -0.3 is 10.2 Å². The lowest BCUT2D eigenvalue weighted by Crippen LogP contribution is -2.44. The van der Waals surface area contributed by atoms with Crippen LogP contribution >= 0.6 is 0 Å². The SMILES string of the molecule is CCc1cc(NC2CCN(CC(=O)N(C)C)CC2)nc(C)n1. The largest absolute Gasteiger partial charge is 0.367 e. The summed E-state index contributed by atoms with van der Waals surface area (Å²) in [6.07, 6.45) is 2.99. The van der Waals surface area contributed by atoms with Gasteiger partial charge in [-0.2, -0.15) is 0 Å². The number of likely N-dealkylation sites (N-methyl/N-ethyl adjacent to an activating group) is 1. The summed E-state index contributed by atoms with van der Waals surface area (Å²) < 4.78 is 0. The molecule has 1 aromatic heterocycles. The van der Waals surface area contributed by atoms with Crippen molar-refractivity contribution in [2.24, 2.45) is 0 Å². The zero-order chi connectivity index (χ0) is 16.1. The lowest BCUT2D eigenvalue weighted by molar-refractivity contribution is -0.130. The van der Waals surface area contributed by atoms with Crippen molar-refractivity contribution >= 4 is 11.7 Å². The maximum Gasteiger partial charge on any atom is 0.236 e. The Morgan fingerprint density at radius 2 is 2.05 bits per heavy atom. The van der Waals surface area contributed by atoms with Crippen LogP contribution in [0.25, 0.3) is 0 Å². The van der Waals surface area contributed by atoms with Crippen LogP contribution in [-0.2, 0) is 11.2 Å². The number of carbonyl (C=O) groups excluding carboxylic acids is 1. The van der Waals surface area contributed by atoms with Gasteiger partial charge in [0, 0.05) is 45.0 Å². The van der Waals surface area contributed by atoms with Crippen molar-refractivity contribution in [1.29, 1.82) is 0 Å². The second-order valence-corrected chi connectivity index (χ2v) is 6.13. The Bertz CT molecular complexity index is 509. The van der Waals surface area contributed by atoms with Crippen molar-refractivity contribution in [1.82, 2.24) is 19.8 Å². The molecule has 2 rings (SSSR count). The van der Waals surface area contributed by atoms with Crippen LogP contribution in [0.5, 0.6) is 0 Å². The van der Waals surface area contributed by atoms with Gasteiger partial charge in [0.2, 0.25) is 5.91 Å². The fourth-order valence-corrected chi connectivity index (χ4v) is 2.66. The average molecular weight is 305 g/mol. The predicted molar refractivity (Wildman–Crippen MR) is 87.9 cm³/mol. The van der Waals surface area contributed by atoms with Gasteiger partial charge in [-0.15, -0.1) is 0 Å². The van der Waals surface area contributed by atoms with Crippen molar-refractivity contribution < 1.29 is 4.79 Å². The zero-order valence-corrected chi connectivity index (χ0v) is 14.1. The van der Waals surface area contributed by atoms with E-state index < -0.39 is 0 Å². The lowest BCUT2D eigenvalue weighted by atomic mass is 10.0. The molecule has 6 heteroatoms. The fourth-order valence-electron chi connectivity index (χ4n) is 2.66. The minimum Gasteiger partial charge on any atom is -0.367 e. The maximum atomic E-state index is 11.7. The van der Waals surface area contributed by atoms with Gasteiger partial charge in [-0.3, -0.25) is 9.69 Å². The molecule has 0 radical (unpaired) electrons. The number of piperidine rings is 1. The van der Waals surface area contributed by atoms with E-state index in [0.29, 0.717) is 12.6 Å². The summed E-state index contributed by atoms with van der Waals surface area (Å²) in [4.78, 5) is 24.5. The third-order valence-corrected chi connectivity index (χ3v) is 4.05. The predicted octanol–water partition coefficient (Wildman–Crippen LogP) is 1.31. The van der Waals surface area contributed by atoms with Gasteiger partial charge in [-0.25, -0.2) is 9.97 Å². The minimum atomic E-state index is 0.172. The number of nitrogens with one attached hydrogen (secondary N) is 1. The highest BCUT2D eigenvalue weighted by atomic mass is 16.2. The number of aromatic nitrogens is 2. The number of carbonyl (C=O) groups is 1. The van der Waals surface area contributed by atoms with Crippen molar-refractivity contribution in [2.75, 3.05) is 39.0 Å². The molecule has 2 heterocycles. The Morgan fingerprint density at radius 3 is 2.64 bits per heavy atom. The summed E-state index contributed by atoms with van der Waals surface area (Å²) in [6.45, 7) is 6.45.